The summed E-state index contributed by atoms with van der Waals surface area (Å²) in [6.45, 7) is 32.1. The fraction of sp³-hybridized carbons (Fsp3) is 0.792. The number of aliphatic hydroxyl groups excluding tert-OH is 1. The molecule has 0 spiro atoms. The van der Waals surface area contributed by atoms with E-state index in [1.807, 2.05) is 20.8 Å². The van der Waals surface area contributed by atoms with Gasteiger partial charge < -0.3 is 25.6 Å². The number of nitrogens with one attached hydrogen (secondary N) is 1. The van der Waals surface area contributed by atoms with Crippen molar-refractivity contribution in [1.82, 2.24) is 5.32 Å². The zero-order valence-electron chi connectivity index (χ0n) is 43.0. The zero-order chi connectivity index (χ0) is 49.6. The number of ether oxygens (including phenoxy) is 2. The Morgan fingerprint density at radius 1 is 1.02 bits per heavy atom. The van der Waals surface area contributed by atoms with Gasteiger partial charge >= 0.3 is 18.2 Å². The topological polar surface area (TPSA) is 111 Å². The number of hydrogen-bond acceptors (Lipinski definition) is 6. The van der Waals surface area contributed by atoms with Gasteiger partial charge in [0, 0.05) is 23.6 Å². The van der Waals surface area contributed by atoms with Gasteiger partial charge in [0.25, 0.3) is 0 Å². The first-order valence-electron chi connectivity index (χ1n) is 24.1. The number of alkyl carbamates (subject to hydrolysis) is 1. The second-order valence-electron chi connectivity index (χ2n) is 19.9. The lowest BCUT2D eigenvalue weighted by Gasteiger charge is -2.72. The number of aliphatic hydroxyl groups is 1. The molecule has 8 aliphatic rings. The van der Waals surface area contributed by atoms with Crippen molar-refractivity contribution in [2.45, 2.75) is 176 Å². The number of alkyl halides is 3. The second kappa shape index (κ2) is 22.0. The Bertz CT molecular complexity index is 1640. The first-order valence-corrected chi connectivity index (χ1v) is 21.6. The maximum absolute atomic E-state index is 11.6. The van der Waals surface area contributed by atoms with Crippen LogP contribution in [0.2, 0.25) is 5.82 Å². The first-order chi connectivity index (χ1) is 29.1. The van der Waals surface area contributed by atoms with Crippen LogP contribution in [-0.4, -0.2) is 62.9 Å². The van der Waals surface area contributed by atoms with Crippen LogP contribution < -0.4 is 11.1 Å². The highest BCUT2D eigenvalue weighted by Crippen LogP contribution is 2.74. The number of nitrogens with two attached hydrogens (primary N) is 1. The third-order valence-electron chi connectivity index (χ3n) is 14.0. The highest BCUT2D eigenvalue weighted by molar-refractivity contribution is 6.12. The van der Waals surface area contributed by atoms with Crippen LogP contribution in [0.4, 0.5) is 18.0 Å². The van der Waals surface area contributed by atoms with Crippen molar-refractivity contribution in [1.29, 1.82) is 1.34 Å². The molecule has 4 bridgehead atoms. The number of hydrogen-bond donors (Lipinski definition) is 3. The summed E-state index contributed by atoms with van der Waals surface area (Å²) in [5, 5.41) is 12.0. The molecule has 0 aromatic heterocycles. The average molecular weight is 839 g/mol. The molecule has 0 saturated heterocycles. The standard InChI is InChI=1S/C19H32B.C12H21NO2.C7H15NO.C5H5F3O2.C5H8/c1-10-14-6-12(18(14,3)4)7-15(10)19(5)13-8-16(19)11(2)17(20)9-13;1-9-5-7-10(8-6-9)13-11(14)15-12(2,3)4;1-5-2-3-6(8)4-7(5)9;1-2-4(9)10-3-5(6,7)8;1-4-5(2)3/h10-17,20H,6-9H2,1-5H3;5,10H,6-8H2,1-4H3,(H,13,14);5-7,9H,2-4,8H2,1H3;2H,1,3H2;4H,1-2H2,3H3/t10-,11-,12+,13+,14-,15-,16-,17-,19?;10-;5-,6-,7-;;/m001../s1/i20D;7D2;4D2;;. The van der Waals surface area contributed by atoms with Crippen LogP contribution in [0.1, 0.15) is 146 Å². The summed E-state index contributed by atoms with van der Waals surface area (Å²) in [4.78, 5) is 21.6. The van der Waals surface area contributed by atoms with E-state index in [1.54, 1.807) is 40.7 Å². The van der Waals surface area contributed by atoms with Crippen LogP contribution in [0, 0.1) is 58.2 Å². The average Bonchev–Trinajstić information content (AvgIpc) is 3.18. The van der Waals surface area contributed by atoms with Gasteiger partial charge in [-0.2, -0.15) is 13.2 Å². The summed E-state index contributed by atoms with van der Waals surface area (Å²) in [6.07, 6.45) is 3.64. The number of allylic oxidation sites excluding steroid dienone is 3. The Hall–Kier alpha value is -2.53. The smallest absolute Gasteiger partial charge is 0.422 e. The molecule has 59 heavy (non-hydrogen) atoms. The van der Waals surface area contributed by atoms with Crippen LogP contribution in [0.15, 0.2) is 49.1 Å². The Morgan fingerprint density at radius 2 is 1.59 bits per heavy atom. The van der Waals surface area contributed by atoms with Crippen LogP contribution in [0.3, 0.4) is 0 Å². The largest absolute Gasteiger partial charge is 0.453 e. The Labute approximate surface area is 364 Å². The van der Waals surface area contributed by atoms with E-state index < -0.39 is 61.4 Å². The monoisotopic (exact) mass is 839 g/mol. The summed E-state index contributed by atoms with van der Waals surface area (Å²) in [5.41, 5.74) is 8.24. The van der Waals surface area contributed by atoms with Gasteiger partial charge in [0.15, 0.2) is 6.61 Å². The van der Waals surface area contributed by atoms with Crippen molar-refractivity contribution >= 4 is 19.9 Å². The quantitative estimate of drug-likeness (QED) is 0.0808. The molecule has 11 heteroatoms. The van der Waals surface area contributed by atoms with Gasteiger partial charge in [-0.1, -0.05) is 96.8 Å². The summed E-state index contributed by atoms with van der Waals surface area (Å²) in [5.74, 6) is 5.96. The first kappa shape index (κ1) is 44.5. The molecule has 0 aromatic rings. The minimum atomic E-state index is -4.46. The van der Waals surface area contributed by atoms with Crippen molar-refractivity contribution in [3.8, 4) is 0 Å². The molecule has 0 aliphatic heterocycles. The lowest BCUT2D eigenvalue weighted by molar-refractivity contribution is -0.227. The van der Waals surface area contributed by atoms with E-state index in [4.69, 9.17) is 17.3 Å². The molecule has 1 unspecified atom stereocenters. The predicted octanol–water partition coefficient (Wildman–Crippen LogP) is 11.2. The van der Waals surface area contributed by atoms with Crippen molar-refractivity contribution in [3.63, 3.8) is 0 Å². The Balaban J connectivity index is 0.000000295. The number of amides is 1. The highest BCUT2D eigenvalue weighted by atomic mass is 19.4. The van der Waals surface area contributed by atoms with E-state index in [-0.39, 0.29) is 5.92 Å². The minimum Gasteiger partial charge on any atom is -0.453 e. The van der Waals surface area contributed by atoms with Gasteiger partial charge in [-0.3, -0.25) is 0 Å². The van der Waals surface area contributed by atoms with Crippen LogP contribution in [-0.2, 0) is 14.3 Å². The zero-order valence-corrected chi connectivity index (χ0v) is 38.0. The number of esters is 1. The van der Waals surface area contributed by atoms with Gasteiger partial charge in [-0.05, 0) is 152 Å². The molecule has 0 aromatic carbocycles. The SMILES string of the molecule is C=CC(=C)C.C=CC(=O)OCC(F)(F)F.[2H]C1([2H])C=C(C)CC[C@H]1NC(=O)OC(C)(C)C.[2H]C1([2H])[C@H](N)CC[C@@H](C)[C@@H]1O.[2H][B][C@H]1C[C@H]2C[C@@H]([C@@H]1C)C2(C)[C@H]1C[C@H]2C[C@@H]([C@@H]1C)C2(C)C. The molecule has 8 rings (SSSR count). The summed E-state index contributed by atoms with van der Waals surface area (Å²) in [7, 11) is 1.76. The van der Waals surface area contributed by atoms with E-state index in [0.717, 1.165) is 65.4 Å². The molecule has 4 N–H and O–H groups in total. The lowest BCUT2D eigenvalue weighted by Crippen LogP contribution is -2.65. The fourth-order valence-corrected chi connectivity index (χ4v) is 10.1. The van der Waals surface area contributed by atoms with E-state index in [1.165, 1.54) is 25.7 Å². The van der Waals surface area contributed by atoms with Crippen molar-refractivity contribution in [2.24, 2.45) is 63.9 Å². The number of rotatable bonds is 6. The molecular weight excluding hydrogens is 752 g/mol. The lowest BCUT2D eigenvalue weighted by atomic mass is 9.32. The van der Waals surface area contributed by atoms with E-state index >= 15 is 0 Å². The minimum absolute atomic E-state index is 0.0322. The number of carbonyl (C=O) groups is 2. The highest BCUT2D eigenvalue weighted by Gasteiger charge is 2.66. The molecule has 1 amide bonds. The van der Waals surface area contributed by atoms with Crippen molar-refractivity contribution < 1.29 is 42.8 Å². The number of fused-ring (bicyclic) bond motifs is 5. The van der Waals surface area contributed by atoms with Crippen LogP contribution >= 0.6 is 0 Å². The molecule has 8 aliphatic carbocycles. The molecule has 7 fully saturated rings. The molecule has 7 saturated carbocycles. The molecular formula is C48H81BF3N2O5. The molecule has 13 atom stereocenters. The van der Waals surface area contributed by atoms with Crippen molar-refractivity contribution in [3.05, 3.63) is 49.1 Å². The Morgan fingerprint density at radius 3 is 2.05 bits per heavy atom. The third-order valence-corrected chi connectivity index (χ3v) is 14.0. The predicted molar refractivity (Wildman–Crippen MR) is 237 cm³/mol. The van der Waals surface area contributed by atoms with E-state index in [9.17, 15) is 27.9 Å². The maximum Gasteiger partial charge on any atom is 0.422 e. The summed E-state index contributed by atoms with van der Waals surface area (Å²) < 4.78 is 80.9. The number of carbonyl (C=O) groups excluding carboxylic acids is 2. The fourth-order valence-electron chi connectivity index (χ4n) is 10.1. The summed E-state index contributed by atoms with van der Waals surface area (Å²) in [6, 6.07) is -1.02. The molecule has 0 heterocycles. The van der Waals surface area contributed by atoms with Gasteiger partial charge in [0.05, 0.1) is 13.9 Å². The summed E-state index contributed by atoms with van der Waals surface area (Å²) >= 11 is 0. The van der Waals surface area contributed by atoms with Gasteiger partial charge in [-0.25, -0.2) is 9.59 Å². The van der Waals surface area contributed by atoms with Gasteiger partial charge in [0.1, 0.15) is 5.60 Å². The molecule has 7 nitrogen and oxygen atoms in total. The van der Waals surface area contributed by atoms with Crippen LogP contribution in [0.5, 0.6) is 0 Å². The van der Waals surface area contributed by atoms with E-state index in [2.05, 4.69) is 64.4 Å². The van der Waals surface area contributed by atoms with Gasteiger partial charge in [-0.15, -0.1) is 0 Å². The maximum atomic E-state index is 11.6. The van der Waals surface area contributed by atoms with Crippen LogP contribution in [0.25, 0.3) is 0 Å². The normalized spacial score (nSPS) is 39.1. The third kappa shape index (κ3) is 15.4. The van der Waals surface area contributed by atoms with Gasteiger partial charge in [0.2, 0.25) is 0 Å². The van der Waals surface area contributed by atoms with Crippen molar-refractivity contribution in [2.75, 3.05) is 6.61 Å². The van der Waals surface area contributed by atoms with E-state index in [0.29, 0.717) is 35.6 Å². The second-order valence-corrected chi connectivity index (χ2v) is 19.9. The molecule has 337 valence electrons. The number of halogens is 3. The molecule has 1 radical (unpaired) electrons. The Kier molecular flexibility index (Phi) is 16.6.